The third-order valence-corrected chi connectivity index (χ3v) is 15.3. The molecule has 1 N–H and O–H groups in total. The Labute approximate surface area is 290 Å². The standard InChI is InChI=1S/C38H39BrN2O6Si/c1-24-36(48(3,4)29-15-13-28(45-2)14-16-29)34(18-19-42)47-38(24)30-21-26(39)12-17-31(30)40(37(38)44)22-25-8-7-9-27(20-25)41-32-10-5-6-11-33(32)46-23-35(41)43/h5-17,20-21,24,34,36,42H,18-19,22-23H2,1-4H3/t24-,34+,36-,38+/m1/s1. The van der Waals surface area contributed by atoms with Crippen LogP contribution in [0.4, 0.5) is 17.1 Å². The van der Waals surface area contributed by atoms with E-state index in [0.29, 0.717) is 30.1 Å². The van der Waals surface area contributed by atoms with Gasteiger partial charge in [0.2, 0.25) is 0 Å². The monoisotopic (exact) mass is 726 g/mol. The van der Waals surface area contributed by atoms with Crippen LogP contribution in [0.1, 0.15) is 24.5 Å². The van der Waals surface area contributed by atoms with E-state index in [4.69, 9.17) is 14.2 Å². The fourth-order valence-electron chi connectivity index (χ4n) is 8.20. The number of nitrogens with zero attached hydrogens (tertiary/aromatic N) is 2. The Morgan fingerprint density at radius 2 is 1.75 bits per heavy atom. The molecule has 0 radical (unpaired) electrons. The zero-order valence-electron chi connectivity index (χ0n) is 27.5. The number of ether oxygens (including phenoxy) is 3. The van der Waals surface area contributed by atoms with Crippen molar-refractivity contribution in [1.82, 2.24) is 0 Å². The van der Waals surface area contributed by atoms with Gasteiger partial charge in [-0.05, 0) is 72.1 Å². The molecule has 0 bridgehead atoms. The fraction of sp³-hybridized carbons (Fsp3) is 0.316. The maximum absolute atomic E-state index is 15.0. The molecule has 1 saturated heterocycles. The van der Waals surface area contributed by atoms with Crippen LogP contribution in [0.5, 0.6) is 11.5 Å². The number of carbonyl (C=O) groups is 2. The second-order valence-electron chi connectivity index (χ2n) is 13.4. The van der Waals surface area contributed by atoms with Crippen LogP contribution in [0.3, 0.4) is 0 Å². The second-order valence-corrected chi connectivity index (χ2v) is 19.0. The second kappa shape index (κ2) is 12.5. The summed E-state index contributed by atoms with van der Waals surface area (Å²) in [7, 11) is -0.621. The Bertz CT molecular complexity index is 1880. The van der Waals surface area contributed by atoms with Crippen LogP contribution in [0.25, 0.3) is 0 Å². The molecule has 0 unspecified atom stereocenters. The minimum Gasteiger partial charge on any atom is -0.497 e. The van der Waals surface area contributed by atoms with Crippen molar-refractivity contribution in [3.05, 3.63) is 107 Å². The van der Waals surface area contributed by atoms with Crippen molar-refractivity contribution in [2.24, 2.45) is 5.92 Å². The number of hydrogen-bond acceptors (Lipinski definition) is 6. The van der Waals surface area contributed by atoms with E-state index >= 15 is 0 Å². The van der Waals surface area contributed by atoms with Crippen LogP contribution < -0.4 is 24.5 Å². The summed E-state index contributed by atoms with van der Waals surface area (Å²) in [5.41, 5.74) is 2.77. The van der Waals surface area contributed by atoms with E-state index in [1.165, 1.54) is 5.19 Å². The summed E-state index contributed by atoms with van der Waals surface area (Å²) in [4.78, 5) is 31.6. The van der Waals surface area contributed by atoms with Crippen molar-refractivity contribution in [1.29, 1.82) is 0 Å². The third kappa shape index (κ3) is 5.17. The van der Waals surface area contributed by atoms with Crippen LogP contribution in [0, 0.1) is 5.92 Å². The SMILES string of the molecule is COc1ccc([Si](C)(C)[C@H]2[C@H](CCO)O[C@@]3(C(=O)N(Cc4cccc(N5C(=O)COc6ccccc65)c4)c4ccc(Br)cc43)[C@@H]2C)cc1. The average Bonchev–Trinajstić information content (AvgIpc) is 3.51. The normalized spacial score (nSPS) is 23.3. The maximum Gasteiger partial charge on any atom is 0.269 e. The van der Waals surface area contributed by atoms with Gasteiger partial charge in [0, 0.05) is 28.2 Å². The van der Waals surface area contributed by atoms with Crippen molar-refractivity contribution < 1.29 is 28.9 Å². The number of methoxy groups -OCH3 is 1. The number of fused-ring (bicyclic) bond motifs is 3. The van der Waals surface area contributed by atoms with Crippen molar-refractivity contribution in [3.8, 4) is 11.5 Å². The van der Waals surface area contributed by atoms with Crippen LogP contribution in [0.15, 0.2) is 95.5 Å². The molecule has 248 valence electrons. The van der Waals surface area contributed by atoms with Gasteiger partial charge in [-0.3, -0.25) is 14.5 Å². The van der Waals surface area contributed by atoms with Crippen molar-refractivity contribution >= 4 is 58.1 Å². The van der Waals surface area contributed by atoms with Gasteiger partial charge in [0.05, 0.1) is 39.2 Å². The number of para-hydroxylation sites is 2. The lowest BCUT2D eigenvalue weighted by Gasteiger charge is -2.37. The molecule has 1 fully saturated rings. The minimum atomic E-state index is -2.28. The van der Waals surface area contributed by atoms with Crippen LogP contribution in [0.2, 0.25) is 18.6 Å². The molecular formula is C38H39BrN2O6Si. The first-order chi connectivity index (χ1) is 23.1. The molecule has 0 aromatic heterocycles. The van der Waals surface area contributed by atoms with E-state index < -0.39 is 13.7 Å². The number of rotatable bonds is 8. The first kappa shape index (κ1) is 32.6. The van der Waals surface area contributed by atoms with Crippen molar-refractivity contribution in [2.75, 3.05) is 30.1 Å². The number of amides is 2. The summed E-state index contributed by atoms with van der Waals surface area (Å²) >= 11 is 3.67. The molecule has 3 aliphatic heterocycles. The summed E-state index contributed by atoms with van der Waals surface area (Å²) in [6, 6.07) is 29.5. The quantitative estimate of drug-likeness (QED) is 0.205. The van der Waals surface area contributed by atoms with E-state index in [1.807, 2.05) is 83.8 Å². The summed E-state index contributed by atoms with van der Waals surface area (Å²) in [5, 5.41) is 11.5. The lowest BCUT2D eigenvalue weighted by molar-refractivity contribution is -0.146. The van der Waals surface area contributed by atoms with Crippen LogP contribution in [-0.2, 0) is 26.5 Å². The van der Waals surface area contributed by atoms with Gasteiger partial charge >= 0.3 is 0 Å². The number of benzene rings is 4. The van der Waals surface area contributed by atoms with E-state index in [1.54, 1.807) is 12.0 Å². The Hall–Kier alpha value is -3.96. The molecular weight excluding hydrogens is 688 g/mol. The first-order valence-corrected chi connectivity index (χ1v) is 20.2. The number of halogens is 1. The molecule has 4 aromatic carbocycles. The maximum atomic E-state index is 15.0. The van der Waals surface area contributed by atoms with Crippen LogP contribution >= 0.6 is 15.9 Å². The number of hydrogen-bond donors (Lipinski definition) is 1. The smallest absolute Gasteiger partial charge is 0.269 e. The van der Waals surface area contributed by atoms with Gasteiger partial charge in [0.15, 0.2) is 12.2 Å². The highest BCUT2D eigenvalue weighted by atomic mass is 79.9. The largest absolute Gasteiger partial charge is 0.497 e. The summed E-state index contributed by atoms with van der Waals surface area (Å²) in [6.45, 7) is 7.04. The number of aliphatic hydroxyl groups excluding tert-OH is 1. The third-order valence-electron chi connectivity index (χ3n) is 10.4. The van der Waals surface area contributed by atoms with E-state index in [9.17, 15) is 14.7 Å². The van der Waals surface area contributed by atoms with Crippen molar-refractivity contribution in [3.63, 3.8) is 0 Å². The molecule has 7 rings (SSSR count). The predicted octanol–water partition coefficient (Wildman–Crippen LogP) is 6.66. The van der Waals surface area contributed by atoms with E-state index in [-0.39, 0.29) is 42.6 Å². The molecule has 3 aliphatic rings. The van der Waals surface area contributed by atoms with Gasteiger partial charge in [-0.15, -0.1) is 0 Å². The van der Waals surface area contributed by atoms with Gasteiger partial charge in [-0.2, -0.15) is 0 Å². The average molecular weight is 728 g/mol. The Morgan fingerprint density at radius 1 is 0.979 bits per heavy atom. The summed E-state index contributed by atoms with van der Waals surface area (Å²) in [5.74, 6) is 1.02. The molecule has 4 aromatic rings. The minimum absolute atomic E-state index is 0.0313. The predicted molar refractivity (Wildman–Crippen MR) is 192 cm³/mol. The highest BCUT2D eigenvalue weighted by Gasteiger charge is 2.66. The molecule has 4 atom stereocenters. The van der Waals surface area contributed by atoms with Gasteiger partial charge in [-0.25, -0.2) is 0 Å². The van der Waals surface area contributed by atoms with E-state index in [0.717, 1.165) is 27.0 Å². The van der Waals surface area contributed by atoms with Crippen molar-refractivity contribution in [2.45, 2.75) is 50.2 Å². The van der Waals surface area contributed by atoms with Crippen LogP contribution in [-0.4, -0.2) is 51.4 Å². The molecule has 1 spiro atoms. The highest BCUT2D eigenvalue weighted by Crippen LogP contribution is 2.60. The molecule has 3 heterocycles. The zero-order chi connectivity index (χ0) is 33.8. The van der Waals surface area contributed by atoms with Gasteiger partial charge in [0.1, 0.15) is 11.5 Å². The molecule has 0 saturated carbocycles. The molecule has 10 heteroatoms. The van der Waals surface area contributed by atoms with Gasteiger partial charge in [0.25, 0.3) is 11.8 Å². The highest BCUT2D eigenvalue weighted by molar-refractivity contribution is 9.10. The lowest BCUT2D eigenvalue weighted by atomic mass is 9.82. The molecule has 0 aliphatic carbocycles. The number of aliphatic hydroxyl groups is 1. The van der Waals surface area contributed by atoms with Gasteiger partial charge in [-0.1, -0.05) is 77.5 Å². The Kier molecular flexibility index (Phi) is 8.48. The zero-order valence-corrected chi connectivity index (χ0v) is 30.1. The molecule has 2 amide bonds. The fourth-order valence-corrected chi connectivity index (χ4v) is 12.6. The van der Waals surface area contributed by atoms with Gasteiger partial charge < -0.3 is 24.2 Å². The molecule has 8 nitrogen and oxygen atoms in total. The molecule has 48 heavy (non-hydrogen) atoms. The Balaban J connectivity index is 1.26. The summed E-state index contributed by atoms with van der Waals surface area (Å²) in [6.07, 6.45) is 0.136. The lowest BCUT2D eigenvalue weighted by Crippen LogP contribution is -2.51. The number of anilines is 3. The Morgan fingerprint density at radius 3 is 2.50 bits per heavy atom. The topological polar surface area (TPSA) is 88.5 Å². The van der Waals surface area contributed by atoms with E-state index in [2.05, 4.69) is 48.1 Å². The first-order valence-electron chi connectivity index (χ1n) is 16.3. The summed E-state index contributed by atoms with van der Waals surface area (Å²) < 4.78 is 19.0. The number of carbonyl (C=O) groups excluding carboxylic acids is 2.